The molecule has 1 atom stereocenters. The van der Waals surface area contributed by atoms with Crippen LogP contribution in [0.15, 0.2) is 35.4 Å². The first-order valence-electron chi connectivity index (χ1n) is 15.9. The van der Waals surface area contributed by atoms with Crippen molar-refractivity contribution in [2.45, 2.75) is 88.8 Å². The SMILES string of the molecule is COc1cc(C(=O)N2CCCC(NC(=O)OC(C)(C)C)C2)cc2nc(-c3cc4ccc(SC(C)C)nc4n3CC3CC3)n(C)c12. The highest BCUT2D eigenvalue weighted by Gasteiger charge is 2.30. The summed E-state index contributed by atoms with van der Waals surface area (Å²) in [5, 5.41) is 5.50. The third-order valence-electron chi connectivity index (χ3n) is 8.27. The molecule has 4 aromatic rings. The van der Waals surface area contributed by atoms with Crippen molar-refractivity contribution in [2.24, 2.45) is 13.0 Å². The summed E-state index contributed by atoms with van der Waals surface area (Å²) in [6, 6.07) is 9.92. The zero-order valence-electron chi connectivity index (χ0n) is 27.3. The molecule has 1 saturated carbocycles. The first-order chi connectivity index (χ1) is 21.4. The van der Waals surface area contributed by atoms with Crippen LogP contribution in [0.2, 0.25) is 0 Å². The van der Waals surface area contributed by atoms with Gasteiger partial charge in [-0.2, -0.15) is 0 Å². The van der Waals surface area contributed by atoms with E-state index >= 15 is 0 Å². The van der Waals surface area contributed by atoms with Crippen LogP contribution in [0.1, 0.15) is 70.7 Å². The largest absolute Gasteiger partial charge is 0.494 e. The highest BCUT2D eigenvalue weighted by molar-refractivity contribution is 7.99. The molecular formula is C34H44N6O4S. The monoisotopic (exact) mass is 632 g/mol. The molecule has 1 aliphatic heterocycles. The van der Waals surface area contributed by atoms with Gasteiger partial charge < -0.3 is 28.8 Å². The second-order valence-corrected chi connectivity index (χ2v) is 15.2. The van der Waals surface area contributed by atoms with E-state index in [1.54, 1.807) is 29.8 Å². The number of carbonyl (C=O) groups excluding carboxylic acids is 2. The van der Waals surface area contributed by atoms with Gasteiger partial charge in [-0.25, -0.2) is 14.8 Å². The summed E-state index contributed by atoms with van der Waals surface area (Å²) in [6.45, 7) is 11.8. The van der Waals surface area contributed by atoms with Gasteiger partial charge in [0.2, 0.25) is 0 Å². The number of aromatic nitrogens is 4. The molecule has 6 rings (SSSR count). The van der Waals surface area contributed by atoms with E-state index < -0.39 is 11.7 Å². The fourth-order valence-electron chi connectivity index (χ4n) is 6.10. The van der Waals surface area contributed by atoms with Crippen LogP contribution in [0.25, 0.3) is 33.6 Å². The van der Waals surface area contributed by atoms with E-state index in [-0.39, 0.29) is 11.9 Å². The molecule has 1 aliphatic carbocycles. The number of benzene rings is 1. The van der Waals surface area contributed by atoms with Crippen molar-refractivity contribution in [2.75, 3.05) is 20.2 Å². The number of hydrogen-bond donors (Lipinski definition) is 1. The Morgan fingerprint density at radius 3 is 2.58 bits per heavy atom. The molecule has 0 spiro atoms. The van der Waals surface area contributed by atoms with Crippen molar-refractivity contribution in [3.05, 3.63) is 35.9 Å². The zero-order chi connectivity index (χ0) is 32.0. The van der Waals surface area contributed by atoms with Gasteiger partial charge in [-0.05, 0) is 82.7 Å². The summed E-state index contributed by atoms with van der Waals surface area (Å²) in [4.78, 5) is 38.2. The molecule has 2 fully saturated rings. The molecule has 2 aliphatic rings. The van der Waals surface area contributed by atoms with E-state index in [9.17, 15) is 9.59 Å². The van der Waals surface area contributed by atoms with E-state index in [4.69, 9.17) is 19.4 Å². The molecule has 1 N–H and O–H groups in total. The highest BCUT2D eigenvalue weighted by atomic mass is 32.2. The fraction of sp³-hybridized carbons (Fsp3) is 0.529. The molecule has 10 nitrogen and oxygen atoms in total. The van der Waals surface area contributed by atoms with Crippen LogP contribution in [-0.4, -0.2) is 73.1 Å². The summed E-state index contributed by atoms with van der Waals surface area (Å²) in [5.74, 6) is 1.94. The van der Waals surface area contributed by atoms with Gasteiger partial charge in [-0.15, -0.1) is 11.8 Å². The number of fused-ring (bicyclic) bond motifs is 2. The Balaban J connectivity index is 1.33. The Morgan fingerprint density at radius 1 is 1.11 bits per heavy atom. The van der Waals surface area contributed by atoms with Crippen LogP contribution < -0.4 is 10.1 Å². The Kier molecular flexibility index (Phi) is 8.49. The molecule has 4 heterocycles. The first kappa shape index (κ1) is 31.3. The van der Waals surface area contributed by atoms with E-state index in [1.165, 1.54) is 12.8 Å². The van der Waals surface area contributed by atoms with Gasteiger partial charge >= 0.3 is 6.09 Å². The molecule has 1 unspecified atom stereocenters. The van der Waals surface area contributed by atoms with Crippen LogP contribution in [0.5, 0.6) is 5.75 Å². The number of methoxy groups -OCH3 is 1. The minimum atomic E-state index is -0.583. The van der Waals surface area contributed by atoms with Gasteiger partial charge in [0, 0.05) is 48.9 Å². The minimum Gasteiger partial charge on any atom is -0.494 e. The van der Waals surface area contributed by atoms with Crippen molar-refractivity contribution < 1.29 is 19.1 Å². The summed E-state index contributed by atoms with van der Waals surface area (Å²) in [6.07, 6.45) is 3.57. The lowest BCUT2D eigenvalue weighted by Crippen LogP contribution is -2.50. The number of imidazole rings is 1. The number of pyridine rings is 1. The Hall–Kier alpha value is -3.73. The molecular weight excluding hydrogens is 588 g/mol. The number of amides is 2. The Morgan fingerprint density at radius 2 is 1.89 bits per heavy atom. The molecule has 0 radical (unpaired) electrons. The van der Waals surface area contributed by atoms with Crippen LogP contribution >= 0.6 is 11.8 Å². The van der Waals surface area contributed by atoms with Crippen molar-refractivity contribution in [3.8, 4) is 17.3 Å². The van der Waals surface area contributed by atoms with Gasteiger partial charge in [-0.1, -0.05) is 13.8 Å². The maximum atomic E-state index is 13.8. The number of alkyl carbamates (subject to hydrolysis) is 1. The zero-order valence-corrected chi connectivity index (χ0v) is 28.2. The van der Waals surface area contributed by atoms with E-state index in [2.05, 4.69) is 46.5 Å². The van der Waals surface area contributed by atoms with Gasteiger partial charge in [0.15, 0.2) is 5.82 Å². The van der Waals surface area contributed by atoms with Gasteiger partial charge in [0.05, 0.1) is 23.3 Å². The van der Waals surface area contributed by atoms with Gasteiger partial charge in [-0.3, -0.25) is 4.79 Å². The quantitative estimate of drug-likeness (QED) is 0.217. The normalized spacial score (nSPS) is 17.3. The first-order valence-corrected chi connectivity index (χ1v) is 16.8. The number of hydrogen-bond acceptors (Lipinski definition) is 7. The highest BCUT2D eigenvalue weighted by Crippen LogP contribution is 2.38. The number of thioether (sulfide) groups is 1. The average Bonchev–Trinajstić information content (AvgIpc) is 3.65. The predicted molar refractivity (Wildman–Crippen MR) is 178 cm³/mol. The third-order valence-corrected chi connectivity index (χ3v) is 9.21. The number of likely N-dealkylation sites (tertiary alicyclic amines) is 1. The lowest BCUT2D eigenvalue weighted by Gasteiger charge is -2.33. The van der Waals surface area contributed by atoms with Gasteiger partial charge in [0.25, 0.3) is 5.91 Å². The molecule has 3 aromatic heterocycles. The number of rotatable bonds is 8. The number of aryl methyl sites for hydroxylation is 1. The molecule has 240 valence electrons. The van der Waals surface area contributed by atoms with E-state index in [1.807, 2.05) is 33.9 Å². The molecule has 45 heavy (non-hydrogen) atoms. The summed E-state index contributed by atoms with van der Waals surface area (Å²) < 4.78 is 15.7. The van der Waals surface area contributed by atoms with Crippen LogP contribution in [0, 0.1) is 5.92 Å². The summed E-state index contributed by atoms with van der Waals surface area (Å²) >= 11 is 1.77. The third kappa shape index (κ3) is 6.78. The van der Waals surface area contributed by atoms with Crippen LogP contribution in [-0.2, 0) is 18.3 Å². The number of carbonyl (C=O) groups is 2. The molecule has 0 bridgehead atoms. The molecule has 1 saturated heterocycles. The standard InChI is InChI=1S/C34H44N6O4S/c1-20(2)45-28-13-12-22-16-26(40(30(22)37-28)18-21-10-11-21)31-36-25-15-23(17-27(43-7)29(25)38(31)6)32(41)39-14-8-9-24(19-39)35-33(42)44-34(3,4)5/h12-13,15-17,20-21,24H,8-11,14,18-19H2,1-7H3,(H,35,42). The second-order valence-electron chi connectivity index (χ2n) is 13.6. The summed E-state index contributed by atoms with van der Waals surface area (Å²) in [5.41, 5.74) is 3.45. The smallest absolute Gasteiger partial charge is 0.407 e. The summed E-state index contributed by atoms with van der Waals surface area (Å²) in [7, 11) is 3.62. The molecule has 1 aromatic carbocycles. The number of nitrogens with zero attached hydrogens (tertiary/aromatic N) is 5. The number of piperidine rings is 1. The lowest BCUT2D eigenvalue weighted by molar-refractivity contribution is 0.0452. The minimum absolute atomic E-state index is 0.111. The Bertz CT molecular complexity index is 1750. The molecule has 2 amide bonds. The van der Waals surface area contributed by atoms with E-state index in [0.717, 1.165) is 52.5 Å². The van der Waals surface area contributed by atoms with Crippen molar-refractivity contribution >= 4 is 45.8 Å². The van der Waals surface area contributed by atoms with Crippen LogP contribution in [0.3, 0.4) is 0 Å². The maximum absolute atomic E-state index is 13.8. The van der Waals surface area contributed by atoms with Crippen LogP contribution in [0.4, 0.5) is 4.79 Å². The second kappa shape index (κ2) is 12.2. The Labute approximate surface area is 268 Å². The fourth-order valence-corrected chi connectivity index (χ4v) is 6.87. The molecule has 11 heteroatoms. The van der Waals surface area contributed by atoms with Crippen molar-refractivity contribution in [1.82, 2.24) is 29.3 Å². The lowest BCUT2D eigenvalue weighted by atomic mass is 10.0. The van der Waals surface area contributed by atoms with Crippen molar-refractivity contribution in [3.63, 3.8) is 0 Å². The van der Waals surface area contributed by atoms with Crippen molar-refractivity contribution in [1.29, 1.82) is 0 Å². The topological polar surface area (TPSA) is 104 Å². The van der Waals surface area contributed by atoms with E-state index in [0.29, 0.717) is 41.1 Å². The maximum Gasteiger partial charge on any atom is 0.407 e. The number of nitrogens with one attached hydrogen (secondary N) is 1. The predicted octanol–water partition coefficient (Wildman–Crippen LogP) is 6.64. The average molecular weight is 633 g/mol. The van der Waals surface area contributed by atoms with Gasteiger partial charge in [0.1, 0.15) is 22.5 Å². The number of ether oxygens (including phenoxy) is 2.